The van der Waals surface area contributed by atoms with Crippen LogP contribution in [0, 0.1) is 18.3 Å². The fourth-order valence-corrected chi connectivity index (χ4v) is 4.85. The van der Waals surface area contributed by atoms with Crippen LogP contribution in [0.1, 0.15) is 111 Å². The number of alkyl carbamates (subject to hydrolysis) is 1. The summed E-state index contributed by atoms with van der Waals surface area (Å²) >= 11 is 0. The molecule has 38 heavy (non-hydrogen) atoms. The summed E-state index contributed by atoms with van der Waals surface area (Å²) in [6.45, 7) is 13.3. The Bertz CT molecular complexity index is 968. The molecule has 2 N–H and O–H groups in total. The van der Waals surface area contributed by atoms with Gasteiger partial charge in [0.2, 0.25) is 11.8 Å². The van der Waals surface area contributed by atoms with E-state index in [-0.39, 0.29) is 29.8 Å². The van der Waals surface area contributed by atoms with Gasteiger partial charge in [0, 0.05) is 17.6 Å². The normalized spacial score (nSPS) is 16.6. The molecule has 0 aromatic heterocycles. The fourth-order valence-electron chi connectivity index (χ4n) is 4.85. The monoisotopic (exact) mass is 525 g/mol. The highest BCUT2D eigenvalue weighted by molar-refractivity contribution is 5.92. The molecule has 1 aromatic rings. The van der Waals surface area contributed by atoms with E-state index in [1.165, 1.54) is 6.42 Å². The van der Waals surface area contributed by atoms with Gasteiger partial charge in [-0.3, -0.25) is 9.59 Å². The first-order valence-electron chi connectivity index (χ1n) is 14.0. The molecule has 1 aliphatic carbocycles. The lowest BCUT2D eigenvalue weighted by molar-refractivity contribution is -0.145. The van der Waals surface area contributed by atoms with Crippen LogP contribution in [-0.4, -0.2) is 46.5 Å². The second kappa shape index (κ2) is 14.2. The maximum absolute atomic E-state index is 14.3. The molecule has 1 fully saturated rings. The van der Waals surface area contributed by atoms with Crippen LogP contribution in [-0.2, 0) is 14.3 Å². The van der Waals surface area contributed by atoms with Gasteiger partial charge in [0.25, 0.3) is 0 Å². The second-order valence-electron chi connectivity index (χ2n) is 11.8. The van der Waals surface area contributed by atoms with Crippen LogP contribution in [0.25, 0.3) is 0 Å². The number of nitrogens with zero attached hydrogens (tertiary/aromatic N) is 1. The maximum Gasteiger partial charge on any atom is 0.408 e. The van der Waals surface area contributed by atoms with Gasteiger partial charge in [0.15, 0.2) is 0 Å². The quantitative estimate of drug-likeness (QED) is 0.382. The van der Waals surface area contributed by atoms with Gasteiger partial charge in [-0.15, -0.1) is 6.42 Å². The first-order valence-corrected chi connectivity index (χ1v) is 14.0. The summed E-state index contributed by atoms with van der Waals surface area (Å²) in [7, 11) is 0. The van der Waals surface area contributed by atoms with Gasteiger partial charge < -0.3 is 20.3 Å². The lowest BCUT2D eigenvalue weighted by Gasteiger charge is -2.39. The summed E-state index contributed by atoms with van der Waals surface area (Å²) in [5.74, 6) is 2.23. The summed E-state index contributed by atoms with van der Waals surface area (Å²) < 4.78 is 5.47. The number of amides is 3. The van der Waals surface area contributed by atoms with Gasteiger partial charge >= 0.3 is 6.09 Å². The SMILES string of the molecule is C#Cc1ccc(C(C(=O)NC2CCCCC2)N(C(=O)C(CC(C)C)NC(=O)OC(C)(C)C)C(C)CC)cc1. The van der Waals surface area contributed by atoms with E-state index >= 15 is 0 Å². The van der Waals surface area contributed by atoms with Crippen molar-refractivity contribution < 1.29 is 19.1 Å². The van der Waals surface area contributed by atoms with Crippen molar-refractivity contribution in [3.05, 3.63) is 35.4 Å². The summed E-state index contributed by atoms with van der Waals surface area (Å²) in [4.78, 5) is 42.6. The average molecular weight is 526 g/mol. The van der Waals surface area contributed by atoms with Crippen molar-refractivity contribution in [3.8, 4) is 12.3 Å². The number of carbonyl (C=O) groups excluding carboxylic acids is 3. The minimum Gasteiger partial charge on any atom is -0.444 e. The van der Waals surface area contributed by atoms with Crippen LogP contribution in [0.15, 0.2) is 24.3 Å². The highest BCUT2D eigenvalue weighted by Crippen LogP contribution is 2.29. The summed E-state index contributed by atoms with van der Waals surface area (Å²) in [5.41, 5.74) is 0.685. The fraction of sp³-hybridized carbons (Fsp3) is 0.645. The Morgan fingerprint density at radius 2 is 1.68 bits per heavy atom. The zero-order valence-electron chi connectivity index (χ0n) is 24.3. The molecule has 7 heteroatoms. The Morgan fingerprint density at radius 3 is 2.18 bits per heavy atom. The molecule has 0 radical (unpaired) electrons. The number of carbonyl (C=O) groups is 3. The van der Waals surface area contributed by atoms with Gasteiger partial charge in [0.05, 0.1) is 0 Å². The molecule has 0 saturated heterocycles. The van der Waals surface area contributed by atoms with E-state index in [9.17, 15) is 14.4 Å². The largest absolute Gasteiger partial charge is 0.444 e. The van der Waals surface area contributed by atoms with Crippen molar-refractivity contribution in [2.75, 3.05) is 0 Å². The van der Waals surface area contributed by atoms with E-state index in [4.69, 9.17) is 11.2 Å². The third-order valence-electron chi connectivity index (χ3n) is 6.89. The van der Waals surface area contributed by atoms with Crippen LogP contribution >= 0.6 is 0 Å². The van der Waals surface area contributed by atoms with Gasteiger partial charge in [-0.05, 0) is 77.0 Å². The van der Waals surface area contributed by atoms with E-state index < -0.39 is 23.8 Å². The second-order valence-corrected chi connectivity index (χ2v) is 11.8. The molecule has 1 aromatic carbocycles. The molecular formula is C31H47N3O4. The minimum absolute atomic E-state index is 0.0870. The number of hydrogen-bond donors (Lipinski definition) is 2. The Labute approximate surface area is 229 Å². The molecule has 7 nitrogen and oxygen atoms in total. The van der Waals surface area contributed by atoms with E-state index in [0.717, 1.165) is 25.7 Å². The Balaban J connectivity index is 2.50. The molecule has 0 aliphatic heterocycles. The lowest BCUT2D eigenvalue weighted by atomic mass is 9.93. The molecule has 1 saturated carbocycles. The van der Waals surface area contributed by atoms with Crippen molar-refractivity contribution in [3.63, 3.8) is 0 Å². The smallest absolute Gasteiger partial charge is 0.408 e. The molecule has 3 atom stereocenters. The van der Waals surface area contributed by atoms with E-state index in [0.29, 0.717) is 24.0 Å². The van der Waals surface area contributed by atoms with Crippen LogP contribution < -0.4 is 10.6 Å². The molecule has 2 rings (SSSR count). The van der Waals surface area contributed by atoms with Gasteiger partial charge in [-0.1, -0.05) is 58.1 Å². The third-order valence-corrected chi connectivity index (χ3v) is 6.89. The zero-order valence-corrected chi connectivity index (χ0v) is 24.3. The molecule has 0 bridgehead atoms. The Hall–Kier alpha value is -3.01. The topological polar surface area (TPSA) is 87.7 Å². The number of hydrogen-bond acceptors (Lipinski definition) is 4. The van der Waals surface area contributed by atoms with E-state index in [2.05, 4.69) is 16.6 Å². The van der Waals surface area contributed by atoms with Crippen LogP contribution in [0.2, 0.25) is 0 Å². The molecule has 210 valence electrons. The van der Waals surface area contributed by atoms with Crippen LogP contribution in [0.5, 0.6) is 0 Å². The van der Waals surface area contributed by atoms with Gasteiger partial charge in [-0.25, -0.2) is 4.79 Å². The van der Waals surface area contributed by atoms with Crippen molar-refractivity contribution in [2.45, 2.75) is 123 Å². The van der Waals surface area contributed by atoms with Crippen molar-refractivity contribution in [2.24, 2.45) is 5.92 Å². The molecule has 0 spiro atoms. The van der Waals surface area contributed by atoms with Gasteiger partial charge in [-0.2, -0.15) is 0 Å². The average Bonchev–Trinajstić information content (AvgIpc) is 2.85. The predicted molar refractivity (Wildman–Crippen MR) is 151 cm³/mol. The van der Waals surface area contributed by atoms with Gasteiger partial charge in [0.1, 0.15) is 17.7 Å². The van der Waals surface area contributed by atoms with Crippen LogP contribution in [0.4, 0.5) is 4.79 Å². The summed E-state index contributed by atoms with van der Waals surface area (Å²) in [6, 6.07) is 5.36. The molecule has 3 unspecified atom stereocenters. The standard InChI is InChI=1S/C31H47N3O4/c1-9-22(5)34(29(36)26(20-21(3)4)33-30(37)38-31(6,7)8)27(24-18-16-23(10-2)17-19-24)28(35)32-25-14-12-11-13-15-25/h2,16-19,21-22,25-27H,9,11-15,20H2,1,3-8H3,(H,32,35)(H,33,37). The summed E-state index contributed by atoms with van der Waals surface area (Å²) in [5, 5.41) is 6.03. The van der Waals surface area contributed by atoms with Crippen molar-refractivity contribution in [1.29, 1.82) is 0 Å². The first-order chi connectivity index (χ1) is 17.9. The van der Waals surface area contributed by atoms with E-state index in [1.807, 2.05) is 39.8 Å². The lowest BCUT2D eigenvalue weighted by Crippen LogP contribution is -2.56. The Morgan fingerprint density at radius 1 is 1.08 bits per heavy atom. The maximum atomic E-state index is 14.3. The number of rotatable bonds is 10. The van der Waals surface area contributed by atoms with Crippen molar-refractivity contribution >= 4 is 17.9 Å². The van der Waals surface area contributed by atoms with Crippen molar-refractivity contribution in [1.82, 2.24) is 15.5 Å². The number of benzene rings is 1. The molecular weight excluding hydrogens is 478 g/mol. The number of terminal acetylenes is 1. The molecule has 3 amide bonds. The van der Waals surface area contributed by atoms with Crippen LogP contribution in [0.3, 0.4) is 0 Å². The molecule has 1 aliphatic rings. The Kier molecular flexibility index (Phi) is 11.7. The third kappa shape index (κ3) is 9.38. The highest BCUT2D eigenvalue weighted by Gasteiger charge is 2.39. The van der Waals surface area contributed by atoms with E-state index in [1.54, 1.807) is 37.8 Å². The minimum atomic E-state index is -0.860. The first kappa shape index (κ1) is 31.2. The number of nitrogens with one attached hydrogen (secondary N) is 2. The number of ether oxygens (including phenoxy) is 1. The zero-order chi connectivity index (χ0) is 28.5. The highest BCUT2D eigenvalue weighted by atomic mass is 16.6. The summed E-state index contributed by atoms with van der Waals surface area (Å²) in [6.07, 6.45) is 11.2. The molecule has 0 heterocycles. The predicted octanol–water partition coefficient (Wildman–Crippen LogP) is 5.72.